The summed E-state index contributed by atoms with van der Waals surface area (Å²) in [6.45, 7) is 0.845. The molecule has 2 amide bonds. The number of urea groups is 1. The third-order valence-corrected chi connectivity index (χ3v) is 1.11. The SMILES string of the molecule is NCN1C=CCNC1=O. The number of nitrogens with one attached hydrogen (secondary N) is 1. The van der Waals surface area contributed by atoms with Gasteiger partial charge in [-0.05, 0) is 6.08 Å². The molecule has 0 fully saturated rings. The van der Waals surface area contributed by atoms with Gasteiger partial charge in [-0.1, -0.05) is 0 Å². The maximum atomic E-state index is 10.7. The monoisotopic (exact) mass is 127 g/mol. The number of nitrogens with zero attached hydrogens (tertiary/aromatic N) is 1. The van der Waals surface area contributed by atoms with E-state index in [0.717, 1.165) is 0 Å². The van der Waals surface area contributed by atoms with Gasteiger partial charge in [-0.2, -0.15) is 0 Å². The van der Waals surface area contributed by atoms with Crippen LogP contribution in [0.4, 0.5) is 4.79 Å². The van der Waals surface area contributed by atoms with E-state index in [1.165, 1.54) is 4.90 Å². The Balaban J connectivity index is 2.57. The van der Waals surface area contributed by atoms with Crippen molar-refractivity contribution in [2.45, 2.75) is 0 Å². The molecule has 9 heavy (non-hydrogen) atoms. The van der Waals surface area contributed by atoms with Crippen molar-refractivity contribution >= 4 is 6.03 Å². The van der Waals surface area contributed by atoms with Crippen LogP contribution < -0.4 is 11.1 Å². The first-order valence-corrected chi connectivity index (χ1v) is 2.76. The van der Waals surface area contributed by atoms with Crippen LogP contribution in [0.1, 0.15) is 0 Å². The number of amides is 2. The van der Waals surface area contributed by atoms with Crippen LogP contribution in [-0.4, -0.2) is 24.1 Å². The van der Waals surface area contributed by atoms with E-state index >= 15 is 0 Å². The zero-order valence-electron chi connectivity index (χ0n) is 5.00. The molecule has 1 heterocycles. The molecule has 4 heteroatoms. The molecule has 0 aromatic rings. The van der Waals surface area contributed by atoms with E-state index < -0.39 is 0 Å². The lowest BCUT2D eigenvalue weighted by Crippen LogP contribution is -2.42. The second-order valence-corrected chi connectivity index (χ2v) is 1.72. The Morgan fingerprint density at radius 3 is 3.11 bits per heavy atom. The molecule has 0 aliphatic carbocycles. The Bertz CT molecular complexity index is 143. The minimum atomic E-state index is -0.125. The number of carbonyl (C=O) groups is 1. The highest BCUT2D eigenvalue weighted by Gasteiger charge is 2.09. The van der Waals surface area contributed by atoms with Crippen LogP contribution in [-0.2, 0) is 0 Å². The number of rotatable bonds is 1. The van der Waals surface area contributed by atoms with Gasteiger partial charge < -0.3 is 11.1 Å². The summed E-state index contributed by atoms with van der Waals surface area (Å²) in [5.41, 5.74) is 5.21. The Morgan fingerprint density at radius 1 is 1.89 bits per heavy atom. The first-order chi connectivity index (χ1) is 4.34. The highest BCUT2D eigenvalue weighted by molar-refractivity contribution is 5.76. The first kappa shape index (κ1) is 6.10. The second kappa shape index (κ2) is 2.50. The molecule has 1 rings (SSSR count). The highest BCUT2D eigenvalue weighted by atomic mass is 16.2. The van der Waals surface area contributed by atoms with Gasteiger partial charge in [0.25, 0.3) is 0 Å². The van der Waals surface area contributed by atoms with Crippen molar-refractivity contribution in [2.24, 2.45) is 5.73 Å². The zero-order chi connectivity index (χ0) is 6.69. The van der Waals surface area contributed by atoms with Crippen LogP contribution in [0.2, 0.25) is 0 Å². The second-order valence-electron chi connectivity index (χ2n) is 1.72. The van der Waals surface area contributed by atoms with Gasteiger partial charge in [-0.15, -0.1) is 0 Å². The molecule has 0 radical (unpaired) electrons. The normalized spacial score (nSPS) is 17.9. The van der Waals surface area contributed by atoms with Crippen molar-refractivity contribution in [3.05, 3.63) is 12.3 Å². The van der Waals surface area contributed by atoms with Gasteiger partial charge in [0.1, 0.15) is 0 Å². The molecule has 0 saturated carbocycles. The summed E-state index contributed by atoms with van der Waals surface area (Å²) in [6.07, 6.45) is 3.52. The fourth-order valence-corrected chi connectivity index (χ4v) is 0.639. The number of hydrogen-bond donors (Lipinski definition) is 2. The summed E-state index contributed by atoms with van der Waals surface area (Å²) >= 11 is 0. The van der Waals surface area contributed by atoms with Crippen molar-refractivity contribution in [3.63, 3.8) is 0 Å². The van der Waals surface area contributed by atoms with Crippen LogP contribution >= 0.6 is 0 Å². The van der Waals surface area contributed by atoms with Gasteiger partial charge in [-0.3, -0.25) is 4.90 Å². The van der Waals surface area contributed by atoms with Gasteiger partial charge in [0.05, 0.1) is 6.67 Å². The summed E-state index contributed by atoms with van der Waals surface area (Å²) in [7, 11) is 0. The van der Waals surface area contributed by atoms with Crippen molar-refractivity contribution in [1.29, 1.82) is 0 Å². The molecule has 3 N–H and O–H groups in total. The molecule has 0 aromatic heterocycles. The van der Waals surface area contributed by atoms with Crippen molar-refractivity contribution in [1.82, 2.24) is 10.2 Å². The molecule has 0 spiro atoms. The van der Waals surface area contributed by atoms with Crippen molar-refractivity contribution < 1.29 is 4.79 Å². The third-order valence-electron chi connectivity index (χ3n) is 1.11. The lowest BCUT2D eigenvalue weighted by molar-refractivity contribution is 0.215. The van der Waals surface area contributed by atoms with E-state index in [-0.39, 0.29) is 12.7 Å². The predicted molar refractivity (Wildman–Crippen MR) is 33.4 cm³/mol. The maximum absolute atomic E-state index is 10.7. The van der Waals surface area contributed by atoms with Crippen molar-refractivity contribution in [2.75, 3.05) is 13.2 Å². The van der Waals surface area contributed by atoms with E-state index in [1.54, 1.807) is 6.20 Å². The van der Waals surface area contributed by atoms with Crippen LogP contribution in [0.15, 0.2) is 12.3 Å². The Morgan fingerprint density at radius 2 is 2.67 bits per heavy atom. The molecule has 0 saturated heterocycles. The van der Waals surface area contributed by atoms with Crippen LogP contribution in [0.3, 0.4) is 0 Å². The summed E-state index contributed by atoms with van der Waals surface area (Å²) < 4.78 is 0. The Labute approximate surface area is 53.3 Å². The largest absolute Gasteiger partial charge is 0.334 e. The highest BCUT2D eigenvalue weighted by Crippen LogP contribution is 1.92. The molecule has 50 valence electrons. The minimum absolute atomic E-state index is 0.125. The molecular weight excluding hydrogens is 118 g/mol. The van der Waals surface area contributed by atoms with E-state index in [1.807, 2.05) is 6.08 Å². The summed E-state index contributed by atoms with van der Waals surface area (Å²) in [4.78, 5) is 12.1. The number of nitrogens with two attached hydrogens (primary N) is 1. The molecule has 0 unspecified atom stereocenters. The molecule has 0 atom stereocenters. The molecule has 0 bridgehead atoms. The molecule has 1 aliphatic heterocycles. The van der Waals surface area contributed by atoms with E-state index in [4.69, 9.17) is 5.73 Å². The Kier molecular flexibility index (Phi) is 1.69. The molecule has 0 aromatic carbocycles. The van der Waals surface area contributed by atoms with E-state index in [2.05, 4.69) is 5.32 Å². The molecule has 4 nitrogen and oxygen atoms in total. The quantitative estimate of drug-likeness (QED) is 0.496. The van der Waals surface area contributed by atoms with Gasteiger partial charge in [0, 0.05) is 12.7 Å². The van der Waals surface area contributed by atoms with Gasteiger partial charge in [0.2, 0.25) is 0 Å². The lowest BCUT2D eigenvalue weighted by Gasteiger charge is -2.19. The fraction of sp³-hybridized carbons (Fsp3) is 0.400. The Hall–Kier alpha value is -1.03. The smallest absolute Gasteiger partial charge is 0.322 e. The van der Waals surface area contributed by atoms with Crippen LogP contribution in [0.5, 0.6) is 0 Å². The van der Waals surface area contributed by atoms with Crippen LogP contribution in [0.25, 0.3) is 0 Å². The topological polar surface area (TPSA) is 58.4 Å². The fourth-order valence-electron chi connectivity index (χ4n) is 0.639. The van der Waals surface area contributed by atoms with Crippen molar-refractivity contribution in [3.8, 4) is 0 Å². The summed E-state index contributed by atoms with van der Waals surface area (Å²) in [5, 5.41) is 2.60. The number of carbonyl (C=O) groups excluding carboxylic acids is 1. The molecular formula is C5H9N3O. The summed E-state index contributed by atoms with van der Waals surface area (Å²) in [6, 6.07) is -0.125. The standard InChI is InChI=1S/C5H9N3O/c6-4-8-3-1-2-7-5(8)9/h1,3H,2,4,6H2,(H,7,9). The zero-order valence-corrected chi connectivity index (χ0v) is 5.00. The average Bonchev–Trinajstić information content (AvgIpc) is 1.89. The average molecular weight is 127 g/mol. The van der Waals surface area contributed by atoms with Gasteiger partial charge >= 0.3 is 6.03 Å². The third kappa shape index (κ3) is 1.20. The summed E-state index contributed by atoms with van der Waals surface area (Å²) in [5.74, 6) is 0. The minimum Gasteiger partial charge on any atom is -0.334 e. The molecule has 1 aliphatic rings. The number of hydrogen-bond acceptors (Lipinski definition) is 2. The van der Waals surface area contributed by atoms with E-state index in [9.17, 15) is 4.79 Å². The van der Waals surface area contributed by atoms with E-state index in [0.29, 0.717) is 6.54 Å². The predicted octanol–water partition coefficient (Wildman–Crippen LogP) is -0.558. The lowest BCUT2D eigenvalue weighted by atomic mass is 10.5. The first-order valence-electron chi connectivity index (χ1n) is 2.76. The van der Waals surface area contributed by atoms with Gasteiger partial charge in [-0.25, -0.2) is 4.79 Å². The van der Waals surface area contributed by atoms with Gasteiger partial charge in [0.15, 0.2) is 0 Å². The maximum Gasteiger partial charge on any atom is 0.322 e. The van der Waals surface area contributed by atoms with Crippen LogP contribution in [0, 0.1) is 0 Å².